The van der Waals surface area contributed by atoms with Gasteiger partial charge in [0.05, 0.1) is 11.4 Å². The molecule has 2 N–H and O–H groups in total. The van der Waals surface area contributed by atoms with Gasteiger partial charge in [0, 0.05) is 25.1 Å². The van der Waals surface area contributed by atoms with E-state index in [2.05, 4.69) is 6.92 Å². The molecule has 6 heteroatoms. The van der Waals surface area contributed by atoms with E-state index >= 15 is 0 Å². The van der Waals surface area contributed by atoms with E-state index < -0.39 is 0 Å². The molecule has 0 aromatic heterocycles. The standard InChI is InChI=1S/C21H26N2O3.ClH/c1-2-3-14-22-20(25)12-9-17-18(10-11-19(24)21(17)22)23(26)15-13-16-7-5-4-6-8-16;/h4-8,10-11,24,26H,2-3,9,12-15H2,1H3;1H. The van der Waals surface area contributed by atoms with Crippen LogP contribution in [0.15, 0.2) is 42.5 Å². The van der Waals surface area contributed by atoms with Crippen LogP contribution in [0.1, 0.15) is 37.3 Å². The first-order valence-electron chi connectivity index (χ1n) is 9.27. The number of hydroxylamine groups is 1. The average Bonchev–Trinajstić information content (AvgIpc) is 2.66. The third-order valence-electron chi connectivity index (χ3n) is 4.87. The van der Waals surface area contributed by atoms with Crippen LogP contribution in [0.4, 0.5) is 11.4 Å². The summed E-state index contributed by atoms with van der Waals surface area (Å²) < 4.78 is 0. The van der Waals surface area contributed by atoms with Gasteiger partial charge < -0.3 is 10.0 Å². The fourth-order valence-electron chi connectivity index (χ4n) is 3.45. The SMILES string of the molecule is CCCCN1C(=O)CCc2c(N(O)CCc3ccccc3)ccc(O)c21.Cl. The number of aromatic hydroxyl groups is 1. The number of fused-ring (bicyclic) bond motifs is 1. The number of phenolic OH excluding ortho intramolecular Hbond substituents is 1. The normalized spacial score (nSPS) is 13.1. The Morgan fingerprint density at radius 1 is 1.11 bits per heavy atom. The van der Waals surface area contributed by atoms with Gasteiger partial charge >= 0.3 is 0 Å². The minimum atomic E-state index is 0. The zero-order chi connectivity index (χ0) is 18.5. The van der Waals surface area contributed by atoms with E-state index in [0.717, 1.165) is 24.0 Å². The van der Waals surface area contributed by atoms with Gasteiger partial charge in [-0.3, -0.25) is 15.1 Å². The van der Waals surface area contributed by atoms with Gasteiger partial charge in [-0.1, -0.05) is 43.7 Å². The highest BCUT2D eigenvalue weighted by Gasteiger charge is 2.29. The number of anilines is 2. The van der Waals surface area contributed by atoms with E-state index in [-0.39, 0.29) is 24.1 Å². The summed E-state index contributed by atoms with van der Waals surface area (Å²) in [4.78, 5) is 14.0. The van der Waals surface area contributed by atoms with Crippen molar-refractivity contribution in [3.05, 3.63) is 53.6 Å². The third kappa shape index (κ3) is 4.73. The van der Waals surface area contributed by atoms with Crippen LogP contribution < -0.4 is 9.96 Å². The quantitative estimate of drug-likeness (QED) is 0.690. The van der Waals surface area contributed by atoms with Crippen molar-refractivity contribution in [3.63, 3.8) is 0 Å². The molecule has 27 heavy (non-hydrogen) atoms. The largest absolute Gasteiger partial charge is 0.506 e. The van der Waals surface area contributed by atoms with Crippen LogP contribution in [0.3, 0.4) is 0 Å². The number of nitrogens with zero attached hydrogens (tertiary/aromatic N) is 2. The monoisotopic (exact) mass is 390 g/mol. The Balaban J connectivity index is 0.00000261. The number of halogens is 1. The van der Waals surface area contributed by atoms with Gasteiger partial charge in [-0.2, -0.15) is 0 Å². The maximum Gasteiger partial charge on any atom is 0.227 e. The Labute approximate surface area is 166 Å². The fraction of sp³-hybridized carbons (Fsp3) is 0.381. The topological polar surface area (TPSA) is 64.0 Å². The summed E-state index contributed by atoms with van der Waals surface area (Å²) >= 11 is 0. The molecule has 0 saturated heterocycles. The van der Waals surface area contributed by atoms with Crippen molar-refractivity contribution >= 4 is 29.7 Å². The lowest BCUT2D eigenvalue weighted by molar-refractivity contribution is -0.118. The summed E-state index contributed by atoms with van der Waals surface area (Å²) in [5.74, 6) is 0.136. The predicted octanol–water partition coefficient (Wildman–Crippen LogP) is 4.33. The highest BCUT2D eigenvalue weighted by molar-refractivity contribution is 5.99. The van der Waals surface area contributed by atoms with Gasteiger partial charge in [-0.15, -0.1) is 12.4 Å². The van der Waals surface area contributed by atoms with Crippen LogP contribution in [-0.4, -0.2) is 29.3 Å². The zero-order valence-electron chi connectivity index (χ0n) is 15.6. The summed E-state index contributed by atoms with van der Waals surface area (Å²) in [6.07, 6.45) is 3.50. The van der Waals surface area contributed by atoms with Crippen LogP contribution in [0.5, 0.6) is 5.75 Å². The van der Waals surface area contributed by atoms with E-state index in [0.29, 0.717) is 43.7 Å². The van der Waals surface area contributed by atoms with Crippen molar-refractivity contribution in [2.45, 2.75) is 39.0 Å². The second kappa shape index (κ2) is 9.62. The summed E-state index contributed by atoms with van der Waals surface area (Å²) in [5.41, 5.74) is 3.23. The van der Waals surface area contributed by atoms with Crippen LogP contribution >= 0.6 is 12.4 Å². The molecule has 0 aliphatic carbocycles. The first-order chi connectivity index (χ1) is 12.6. The Morgan fingerprint density at radius 3 is 2.56 bits per heavy atom. The summed E-state index contributed by atoms with van der Waals surface area (Å²) in [6, 6.07) is 13.3. The lowest BCUT2D eigenvalue weighted by Crippen LogP contribution is -2.37. The predicted molar refractivity (Wildman–Crippen MR) is 110 cm³/mol. The Morgan fingerprint density at radius 2 is 1.85 bits per heavy atom. The van der Waals surface area contributed by atoms with Gasteiger partial charge in [-0.25, -0.2) is 0 Å². The maximum absolute atomic E-state index is 12.3. The molecule has 2 aromatic rings. The number of hydrogen-bond donors (Lipinski definition) is 2. The molecule has 3 rings (SSSR count). The van der Waals surface area contributed by atoms with E-state index in [1.54, 1.807) is 17.0 Å². The second-order valence-corrected chi connectivity index (χ2v) is 6.69. The molecule has 1 amide bonds. The number of carbonyl (C=O) groups is 1. The number of unbranched alkanes of at least 4 members (excludes halogenated alkanes) is 1. The van der Waals surface area contributed by atoms with Crippen LogP contribution in [0.2, 0.25) is 0 Å². The van der Waals surface area contributed by atoms with E-state index in [9.17, 15) is 15.1 Å². The fourth-order valence-corrected chi connectivity index (χ4v) is 3.45. The summed E-state index contributed by atoms with van der Waals surface area (Å²) in [6.45, 7) is 3.11. The van der Waals surface area contributed by atoms with Gasteiger partial charge in [0.25, 0.3) is 0 Å². The van der Waals surface area contributed by atoms with Crippen molar-refractivity contribution in [2.24, 2.45) is 0 Å². The summed E-state index contributed by atoms with van der Waals surface area (Å²) in [7, 11) is 0. The number of rotatable bonds is 7. The molecule has 0 saturated carbocycles. The summed E-state index contributed by atoms with van der Waals surface area (Å²) in [5, 5.41) is 22.2. The van der Waals surface area contributed by atoms with Crippen molar-refractivity contribution in [2.75, 3.05) is 23.1 Å². The molecule has 2 aromatic carbocycles. The first-order valence-corrected chi connectivity index (χ1v) is 9.27. The molecule has 1 heterocycles. The van der Waals surface area contributed by atoms with Crippen molar-refractivity contribution in [1.29, 1.82) is 0 Å². The number of phenols is 1. The van der Waals surface area contributed by atoms with Crippen LogP contribution in [0, 0.1) is 0 Å². The van der Waals surface area contributed by atoms with Gasteiger partial charge in [0.2, 0.25) is 5.91 Å². The van der Waals surface area contributed by atoms with Crippen molar-refractivity contribution < 1.29 is 15.1 Å². The van der Waals surface area contributed by atoms with Crippen LogP contribution in [0.25, 0.3) is 0 Å². The lowest BCUT2D eigenvalue weighted by Gasteiger charge is -2.33. The smallest absolute Gasteiger partial charge is 0.227 e. The van der Waals surface area contributed by atoms with E-state index in [4.69, 9.17) is 0 Å². The maximum atomic E-state index is 12.3. The Kier molecular flexibility index (Phi) is 7.51. The zero-order valence-corrected chi connectivity index (χ0v) is 16.4. The molecule has 5 nitrogen and oxygen atoms in total. The highest BCUT2D eigenvalue weighted by Crippen LogP contribution is 2.41. The first kappa shape index (κ1) is 21.1. The third-order valence-corrected chi connectivity index (χ3v) is 4.87. The molecular weight excluding hydrogens is 364 g/mol. The molecule has 1 aliphatic heterocycles. The molecule has 0 fully saturated rings. The molecule has 0 spiro atoms. The van der Waals surface area contributed by atoms with Gasteiger partial charge in [-0.05, 0) is 37.0 Å². The highest BCUT2D eigenvalue weighted by atomic mass is 35.5. The van der Waals surface area contributed by atoms with Crippen molar-refractivity contribution in [1.82, 2.24) is 0 Å². The number of amides is 1. The molecule has 1 aliphatic rings. The van der Waals surface area contributed by atoms with Crippen molar-refractivity contribution in [3.8, 4) is 5.75 Å². The second-order valence-electron chi connectivity index (χ2n) is 6.69. The average molecular weight is 391 g/mol. The van der Waals surface area contributed by atoms with Gasteiger partial charge in [0.15, 0.2) is 0 Å². The van der Waals surface area contributed by atoms with Crippen LogP contribution in [-0.2, 0) is 17.6 Å². The lowest BCUT2D eigenvalue weighted by atomic mass is 9.97. The molecule has 0 atom stereocenters. The molecule has 146 valence electrons. The molecule has 0 radical (unpaired) electrons. The molecular formula is C21H27ClN2O3. The number of carbonyl (C=O) groups excluding carboxylic acids is 1. The number of benzene rings is 2. The minimum Gasteiger partial charge on any atom is -0.506 e. The van der Waals surface area contributed by atoms with Gasteiger partial charge in [0.1, 0.15) is 5.75 Å². The molecule has 0 bridgehead atoms. The molecule has 0 unspecified atom stereocenters. The van der Waals surface area contributed by atoms with E-state index in [1.807, 2.05) is 30.3 Å². The number of hydrogen-bond acceptors (Lipinski definition) is 4. The Bertz CT molecular complexity index is 768. The Hall–Kier alpha value is -2.24. The minimum absolute atomic E-state index is 0. The van der Waals surface area contributed by atoms with E-state index in [1.165, 1.54) is 5.06 Å².